The van der Waals surface area contributed by atoms with E-state index in [1.54, 1.807) is 34.0 Å². The van der Waals surface area contributed by atoms with Crippen molar-refractivity contribution in [3.05, 3.63) is 51.7 Å². The number of H-pyrrole nitrogens is 1. The number of hydrogen-bond donors (Lipinski definition) is 2. The summed E-state index contributed by atoms with van der Waals surface area (Å²) in [5.41, 5.74) is 1.68. The van der Waals surface area contributed by atoms with Gasteiger partial charge in [-0.3, -0.25) is 9.89 Å². The average Bonchev–Trinajstić information content (AvgIpc) is 3.34. The van der Waals surface area contributed by atoms with Crippen molar-refractivity contribution >= 4 is 45.7 Å². The summed E-state index contributed by atoms with van der Waals surface area (Å²) in [6, 6.07) is 9.98. The first-order valence-corrected chi connectivity index (χ1v) is 10.2. The van der Waals surface area contributed by atoms with Crippen LogP contribution in [0.15, 0.2) is 41.1 Å². The predicted octanol–water partition coefficient (Wildman–Crippen LogP) is 4.81. The molecule has 0 saturated heterocycles. The van der Waals surface area contributed by atoms with Gasteiger partial charge in [-0.05, 0) is 30.5 Å². The standard InChI is InChI=1S/C17H14N4OS3/c1-10-4-5-13(25-10)12-8-15(21-20-12)19-16(22)7-11-9-24-17(18-11)14-3-2-6-23-14/h2-6,8-9H,7H2,1H3,(H2,19,20,21,22). The van der Waals surface area contributed by atoms with E-state index in [1.807, 2.05) is 35.0 Å². The van der Waals surface area contributed by atoms with Gasteiger partial charge in [-0.1, -0.05) is 6.07 Å². The molecular weight excluding hydrogens is 372 g/mol. The number of thiophene rings is 2. The number of aromatic nitrogens is 3. The highest BCUT2D eigenvalue weighted by Crippen LogP contribution is 2.29. The average molecular weight is 387 g/mol. The second kappa shape index (κ2) is 6.91. The Morgan fingerprint density at radius 1 is 1.24 bits per heavy atom. The van der Waals surface area contributed by atoms with Crippen LogP contribution in [0.2, 0.25) is 0 Å². The van der Waals surface area contributed by atoms with Crippen LogP contribution in [0, 0.1) is 6.92 Å². The quantitative estimate of drug-likeness (QED) is 0.517. The van der Waals surface area contributed by atoms with E-state index >= 15 is 0 Å². The van der Waals surface area contributed by atoms with Crippen molar-refractivity contribution in [1.29, 1.82) is 0 Å². The fourth-order valence-electron chi connectivity index (χ4n) is 2.34. The molecule has 4 aromatic rings. The maximum Gasteiger partial charge on any atom is 0.231 e. The Balaban J connectivity index is 1.40. The lowest BCUT2D eigenvalue weighted by Crippen LogP contribution is -2.14. The van der Waals surface area contributed by atoms with Crippen molar-refractivity contribution in [2.24, 2.45) is 0 Å². The third-order valence-electron chi connectivity index (χ3n) is 3.48. The van der Waals surface area contributed by atoms with E-state index in [4.69, 9.17) is 0 Å². The topological polar surface area (TPSA) is 70.7 Å². The third kappa shape index (κ3) is 3.71. The summed E-state index contributed by atoms with van der Waals surface area (Å²) in [5, 5.41) is 14.8. The minimum Gasteiger partial charge on any atom is -0.309 e. The zero-order valence-corrected chi connectivity index (χ0v) is 15.7. The minimum atomic E-state index is -0.122. The van der Waals surface area contributed by atoms with E-state index in [9.17, 15) is 4.79 Å². The molecule has 4 rings (SSSR count). The number of carbonyl (C=O) groups is 1. The zero-order valence-electron chi connectivity index (χ0n) is 13.3. The van der Waals surface area contributed by atoms with Gasteiger partial charge in [0.15, 0.2) is 5.82 Å². The van der Waals surface area contributed by atoms with Crippen LogP contribution in [-0.2, 0) is 11.2 Å². The second-order valence-corrected chi connectivity index (χ2v) is 8.52. The van der Waals surface area contributed by atoms with Gasteiger partial charge in [0.1, 0.15) is 5.01 Å². The first kappa shape index (κ1) is 16.2. The molecule has 0 bridgehead atoms. The SMILES string of the molecule is Cc1ccc(-c2cc(NC(=O)Cc3csc(-c4cccs4)n3)n[nH]2)s1. The summed E-state index contributed by atoms with van der Waals surface area (Å²) >= 11 is 4.89. The molecule has 25 heavy (non-hydrogen) atoms. The van der Waals surface area contributed by atoms with Crippen molar-refractivity contribution < 1.29 is 4.79 Å². The lowest BCUT2D eigenvalue weighted by atomic mass is 10.3. The largest absolute Gasteiger partial charge is 0.309 e. The molecule has 4 heterocycles. The molecule has 0 saturated carbocycles. The smallest absolute Gasteiger partial charge is 0.231 e. The molecule has 0 atom stereocenters. The van der Waals surface area contributed by atoms with E-state index in [1.165, 1.54) is 4.88 Å². The van der Waals surface area contributed by atoms with Gasteiger partial charge in [-0.25, -0.2) is 4.98 Å². The number of nitrogens with one attached hydrogen (secondary N) is 2. The summed E-state index contributed by atoms with van der Waals surface area (Å²) in [6.45, 7) is 2.06. The van der Waals surface area contributed by atoms with Gasteiger partial charge in [0.05, 0.1) is 27.6 Å². The Labute approximate surface area is 156 Å². The normalized spacial score (nSPS) is 10.9. The monoisotopic (exact) mass is 386 g/mol. The molecular formula is C17H14N4OS3. The maximum atomic E-state index is 12.2. The predicted molar refractivity (Wildman–Crippen MR) is 104 cm³/mol. The molecule has 5 nitrogen and oxygen atoms in total. The van der Waals surface area contributed by atoms with Gasteiger partial charge >= 0.3 is 0 Å². The van der Waals surface area contributed by atoms with Crippen LogP contribution in [0.5, 0.6) is 0 Å². The van der Waals surface area contributed by atoms with Crippen molar-refractivity contribution in [2.45, 2.75) is 13.3 Å². The van der Waals surface area contributed by atoms with Crippen LogP contribution < -0.4 is 5.32 Å². The molecule has 0 aliphatic heterocycles. The van der Waals surface area contributed by atoms with E-state index in [0.29, 0.717) is 5.82 Å². The Morgan fingerprint density at radius 2 is 2.16 bits per heavy atom. The lowest BCUT2D eigenvalue weighted by Gasteiger charge is -1.98. The van der Waals surface area contributed by atoms with Gasteiger partial charge in [0, 0.05) is 16.3 Å². The number of nitrogens with zero attached hydrogens (tertiary/aromatic N) is 2. The molecule has 0 spiro atoms. The van der Waals surface area contributed by atoms with Crippen molar-refractivity contribution in [3.8, 4) is 20.5 Å². The first-order valence-electron chi connectivity index (χ1n) is 7.58. The van der Waals surface area contributed by atoms with E-state index in [0.717, 1.165) is 26.1 Å². The number of aryl methyl sites for hydroxylation is 1. The highest BCUT2D eigenvalue weighted by atomic mass is 32.1. The number of hydrogen-bond acceptors (Lipinski definition) is 6. The third-order valence-corrected chi connectivity index (χ3v) is 6.44. The number of rotatable bonds is 5. The summed E-state index contributed by atoms with van der Waals surface area (Å²) < 4.78 is 0. The summed E-state index contributed by atoms with van der Waals surface area (Å²) in [6.07, 6.45) is 0.238. The molecule has 0 aliphatic carbocycles. The number of thiazole rings is 1. The van der Waals surface area contributed by atoms with Crippen LogP contribution in [0.4, 0.5) is 5.82 Å². The Bertz CT molecular complexity index is 997. The number of carbonyl (C=O) groups excluding carboxylic acids is 1. The van der Waals surface area contributed by atoms with Crippen LogP contribution in [0.25, 0.3) is 20.5 Å². The van der Waals surface area contributed by atoms with E-state index in [-0.39, 0.29) is 12.3 Å². The van der Waals surface area contributed by atoms with E-state index < -0.39 is 0 Å². The highest BCUT2D eigenvalue weighted by molar-refractivity contribution is 7.20. The van der Waals surface area contributed by atoms with Crippen LogP contribution >= 0.6 is 34.0 Å². The van der Waals surface area contributed by atoms with Gasteiger partial charge < -0.3 is 5.32 Å². The molecule has 2 N–H and O–H groups in total. The number of anilines is 1. The van der Waals surface area contributed by atoms with Crippen molar-refractivity contribution in [3.63, 3.8) is 0 Å². The Hall–Kier alpha value is -2.29. The van der Waals surface area contributed by atoms with Gasteiger partial charge in [0.2, 0.25) is 5.91 Å². The number of amides is 1. The van der Waals surface area contributed by atoms with Crippen LogP contribution in [0.1, 0.15) is 10.6 Å². The molecule has 0 radical (unpaired) electrons. The summed E-state index contributed by atoms with van der Waals surface area (Å²) in [7, 11) is 0. The summed E-state index contributed by atoms with van der Waals surface area (Å²) in [4.78, 5) is 20.2. The summed E-state index contributed by atoms with van der Waals surface area (Å²) in [5.74, 6) is 0.406. The lowest BCUT2D eigenvalue weighted by molar-refractivity contribution is -0.115. The first-order chi connectivity index (χ1) is 12.2. The molecule has 0 unspecified atom stereocenters. The number of aromatic amines is 1. The molecule has 4 aromatic heterocycles. The molecule has 0 aromatic carbocycles. The fraction of sp³-hybridized carbons (Fsp3) is 0.118. The van der Waals surface area contributed by atoms with E-state index in [2.05, 4.69) is 33.5 Å². The molecule has 8 heteroatoms. The molecule has 1 amide bonds. The highest BCUT2D eigenvalue weighted by Gasteiger charge is 2.12. The molecule has 126 valence electrons. The van der Waals surface area contributed by atoms with Crippen LogP contribution in [-0.4, -0.2) is 21.1 Å². The second-order valence-electron chi connectivity index (χ2n) is 5.42. The molecule has 0 aliphatic rings. The van der Waals surface area contributed by atoms with Crippen molar-refractivity contribution in [1.82, 2.24) is 15.2 Å². The Kier molecular flexibility index (Phi) is 4.48. The molecule has 0 fully saturated rings. The van der Waals surface area contributed by atoms with Gasteiger partial charge in [0.25, 0.3) is 0 Å². The minimum absolute atomic E-state index is 0.122. The fourth-order valence-corrected chi connectivity index (χ4v) is 4.81. The Morgan fingerprint density at radius 3 is 2.92 bits per heavy atom. The van der Waals surface area contributed by atoms with Gasteiger partial charge in [-0.15, -0.1) is 34.0 Å². The zero-order chi connectivity index (χ0) is 17.2. The maximum absolute atomic E-state index is 12.2. The van der Waals surface area contributed by atoms with Gasteiger partial charge in [-0.2, -0.15) is 5.10 Å². The van der Waals surface area contributed by atoms with Crippen LogP contribution in [0.3, 0.4) is 0 Å². The van der Waals surface area contributed by atoms with Crippen molar-refractivity contribution in [2.75, 3.05) is 5.32 Å².